The average Bonchev–Trinajstić information content (AvgIpc) is 2.81. The highest BCUT2D eigenvalue weighted by atomic mass is 16.5. The molecule has 0 aromatic carbocycles. The Bertz CT molecular complexity index is 261. The van der Waals surface area contributed by atoms with Crippen LogP contribution in [0.4, 0.5) is 0 Å². The van der Waals surface area contributed by atoms with Crippen molar-refractivity contribution in [2.45, 2.75) is 39.2 Å². The molecule has 0 radical (unpaired) electrons. The van der Waals surface area contributed by atoms with E-state index in [1.54, 1.807) is 14.0 Å². The van der Waals surface area contributed by atoms with Crippen LogP contribution in [0.3, 0.4) is 0 Å². The first kappa shape index (κ1) is 13.5. The number of amides is 1. The van der Waals surface area contributed by atoms with Crippen LogP contribution in [0.25, 0.3) is 0 Å². The Labute approximate surface area is 97.4 Å². The Morgan fingerprint density at radius 3 is 2.62 bits per heavy atom. The van der Waals surface area contributed by atoms with Gasteiger partial charge in [-0.3, -0.25) is 4.79 Å². The number of carbonyl (C=O) groups excluding carboxylic acids is 1. The molecule has 94 valence electrons. The van der Waals surface area contributed by atoms with Gasteiger partial charge in [-0.05, 0) is 18.8 Å². The molecule has 0 aliphatic heterocycles. The SMILES string of the molecule is COCCC(C)(O)CNC(=O)C1CC1(C)C. The van der Waals surface area contributed by atoms with E-state index in [1.807, 2.05) is 0 Å². The standard InChI is InChI=1S/C12H23NO3/c1-11(2)7-9(11)10(14)13-8-12(3,15)5-6-16-4/h9,15H,5-8H2,1-4H3,(H,13,14). The first-order valence-corrected chi connectivity index (χ1v) is 5.77. The third kappa shape index (κ3) is 3.76. The molecule has 2 atom stereocenters. The van der Waals surface area contributed by atoms with Crippen molar-refractivity contribution < 1.29 is 14.6 Å². The number of hydrogen-bond donors (Lipinski definition) is 2. The zero-order chi connectivity index (χ0) is 12.4. The van der Waals surface area contributed by atoms with Crippen LogP contribution in [-0.2, 0) is 9.53 Å². The number of methoxy groups -OCH3 is 1. The molecule has 1 aliphatic carbocycles. The Kier molecular flexibility index (Phi) is 3.97. The Balaban J connectivity index is 2.26. The number of carbonyl (C=O) groups is 1. The van der Waals surface area contributed by atoms with Crippen LogP contribution in [-0.4, -0.2) is 36.9 Å². The lowest BCUT2D eigenvalue weighted by molar-refractivity contribution is -0.124. The number of aliphatic hydroxyl groups is 1. The van der Waals surface area contributed by atoms with Gasteiger partial charge in [0.15, 0.2) is 0 Å². The second-order valence-corrected chi connectivity index (χ2v) is 5.70. The van der Waals surface area contributed by atoms with E-state index in [1.165, 1.54) is 0 Å². The number of nitrogens with one attached hydrogen (secondary N) is 1. The lowest BCUT2D eigenvalue weighted by Crippen LogP contribution is -2.42. The molecule has 16 heavy (non-hydrogen) atoms. The fourth-order valence-electron chi connectivity index (χ4n) is 1.73. The van der Waals surface area contributed by atoms with E-state index in [0.29, 0.717) is 19.6 Å². The largest absolute Gasteiger partial charge is 0.388 e. The van der Waals surface area contributed by atoms with E-state index in [-0.39, 0.29) is 17.2 Å². The van der Waals surface area contributed by atoms with E-state index in [0.717, 1.165) is 6.42 Å². The highest BCUT2D eigenvalue weighted by molar-refractivity contribution is 5.82. The summed E-state index contributed by atoms with van der Waals surface area (Å²) in [7, 11) is 1.60. The highest BCUT2D eigenvalue weighted by Crippen LogP contribution is 2.51. The minimum atomic E-state index is -0.884. The van der Waals surface area contributed by atoms with E-state index in [2.05, 4.69) is 19.2 Å². The number of ether oxygens (including phenoxy) is 1. The predicted octanol–water partition coefficient (Wildman–Crippen LogP) is 0.936. The van der Waals surface area contributed by atoms with Crippen molar-refractivity contribution in [2.24, 2.45) is 11.3 Å². The molecule has 1 saturated carbocycles. The fourth-order valence-corrected chi connectivity index (χ4v) is 1.73. The molecule has 2 unspecified atom stereocenters. The second-order valence-electron chi connectivity index (χ2n) is 5.70. The molecule has 1 fully saturated rings. The summed E-state index contributed by atoms with van der Waals surface area (Å²) in [6.45, 7) is 6.67. The van der Waals surface area contributed by atoms with E-state index in [4.69, 9.17) is 4.74 Å². The summed E-state index contributed by atoms with van der Waals surface area (Å²) >= 11 is 0. The van der Waals surface area contributed by atoms with Crippen molar-refractivity contribution in [1.82, 2.24) is 5.32 Å². The first-order chi connectivity index (χ1) is 7.28. The lowest BCUT2D eigenvalue weighted by Gasteiger charge is -2.23. The second kappa shape index (κ2) is 4.72. The summed E-state index contributed by atoms with van der Waals surface area (Å²) in [6, 6.07) is 0. The molecular weight excluding hydrogens is 206 g/mol. The van der Waals surface area contributed by atoms with Crippen LogP contribution in [0.2, 0.25) is 0 Å². The normalized spacial score (nSPS) is 25.9. The van der Waals surface area contributed by atoms with Gasteiger partial charge in [0.2, 0.25) is 5.91 Å². The van der Waals surface area contributed by atoms with Crippen LogP contribution in [0, 0.1) is 11.3 Å². The van der Waals surface area contributed by atoms with Crippen molar-refractivity contribution in [1.29, 1.82) is 0 Å². The summed E-state index contributed by atoms with van der Waals surface area (Å²) in [6.07, 6.45) is 1.47. The molecule has 1 aliphatic rings. The third-order valence-electron chi connectivity index (χ3n) is 3.32. The molecule has 4 heteroatoms. The van der Waals surface area contributed by atoms with Crippen molar-refractivity contribution in [3.8, 4) is 0 Å². The van der Waals surface area contributed by atoms with Crippen LogP contribution in [0.15, 0.2) is 0 Å². The van der Waals surface area contributed by atoms with Crippen LogP contribution in [0.5, 0.6) is 0 Å². The summed E-state index contributed by atoms with van der Waals surface area (Å²) < 4.78 is 4.90. The first-order valence-electron chi connectivity index (χ1n) is 5.77. The average molecular weight is 229 g/mol. The molecule has 0 heterocycles. The van der Waals surface area contributed by atoms with Gasteiger partial charge < -0.3 is 15.2 Å². The van der Waals surface area contributed by atoms with E-state index >= 15 is 0 Å². The molecule has 0 saturated heterocycles. The maximum absolute atomic E-state index is 11.7. The van der Waals surface area contributed by atoms with Crippen LogP contribution in [0.1, 0.15) is 33.6 Å². The minimum absolute atomic E-state index is 0.0580. The van der Waals surface area contributed by atoms with E-state index in [9.17, 15) is 9.90 Å². The van der Waals surface area contributed by atoms with Gasteiger partial charge >= 0.3 is 0 Å². The molecule has 0 spiro atoms. The zero-order valence-electron chi connectivity index (χ0n) is 10.7. The molecular formula is C12H23NO3. The van der Waals surface area contributed by atoms with Crippen molar-refractivity contribution in [2.75, 3.05) is 20.3 Å². The fraction of sp³-hybridized carbons (Fsp3) is 0.917. The van der Waals surface area contributed by atoms with Crippen molar-refractivity contribution in [3.63, 3.8) is 0 Å². The van der Waals surface area contributed by atoms with Gasteiger partial charge in [0.25, 0.3) is 0 Å². The van der Waals surface area contributed by atoms with Gasteiger partial charge in [-0.15, -0.1) is 0 Å². The highest BCUT2D eigenvalue weighted by Gasteiger charge is 2.50. The van der Waals surface area contributed by atoms with Gasteiger partial charge in [0.05, 0.1) is 5.60 Å². The molecule has 1 amide bonds. The summed E-state index contributed by atoms with van der Waals surface area (Å²) in [5, 5.41) is 12.7. The van der Waals surface area contributed by atoms with Gasteiger partial charge in [-0.2, -0.15) is 0 Å². The predicted molar refractivity (Wildman–Crippen MR) is 62.0 cm³/mol. The van der Waals surface area contributed by atoms with Crippen LogP contribution >= 0.6 is 0 Å². The topological polar surface area (TPSA) is 58.6 Å². The van der Waals surface area contributed by atoms with Crippen LogP contribution < -0.4 is 5.32 Å². The third-order valence-corrected chi connectivity index (χ3v) is 3.32. The number of rotatable bonds is 6. The van der Waals surface area contributed by atoms with Gasteiger partial charge in [-0.25, -0.2) is 0 Å². The summed E-state index contributed by atoms with van der Waals surface area (Å²) in [4.78, 5) is 11.7. The Hall–Kier alpha value is -0.610. The maximum Gasteiger partial charge on any atom is 0.223 e. The molecule has 0 aromatic heterocycles. The maximum atomic E-state index is 11.7. The lowest BCUT2D eigenvalue weighted by atomic mass is 10.0. The van der Waals surface area contributed by atoms with Crippen molar-refractivity contribution in [3.05, 3.63) is 0 Å². The van der Waals surface area contributed by atoms with Gasteiger partial charge in [0.1, 0.15) is 0 Å². The summed E-state index contributed by atoms with van der Waals surface area (Å²) in [5.74, 6) is 0.174. The molecule has 2 N–H and O–H groups in total. The number of hydrogen-bond acceptors (Lipinski definition) is 3. The van der Waals surface area contributed by atoms with Gasteiger partial charge in [0, 0.05) is 32.6 Å². The van der Waals surface area contributed by atoms with Gasteiger partial charge in [-0.1, -0.05) is 13.8 Å². The van der Waals surface area contributed by atoms with Crippen molar-refractivity contribution >= 4 is 5.91 Å². The zero-order valence-corrected chi connectivity index (χ0v) is 10.7. The Morgan fingerprint density at radius 2 is 2.19 bits per heavy atom. The minimum Gasteiger partial charge on any atom is -0.388 e. The Morgan fingerprint density at radius 1 is 1.62 bits per heavy atom. The van der Waals surface area contributed by atoms with E-state index < -0.39 is 5.60 Å². The monoisotopic (exact) mass is 229 g/mol. The molecule has 0 bridgehead atoms. The smallest absolute Gasteiger partial charge is 0.223 e. The molecule has 4 nitrogen and oxygen atoms in total. The summed E-state index contributed by atoms with van der Waals surface area (Å²) in [5.41, 5.74) is -0.743. The molecule has 0 aromatic rings. The quantitative estimate of drug-likeness (QED) is 0.712. The molecule has 1 rings (SSSR count).